The summed E-state index contributed by atoms with van der Waals surface area (Å²) in [5, 5.41) is 0. The third kappa shape index (κ3) is 4.29. The number of nitrogens with one attached hydrogen (secondary N) is 1. The Hall–Kier alpha value is -1.92. The lowest BCUT2D eigenvalue weighted by Crippen LogP contribution is -2.23. The number of aromatic nitrogens is 1. The van der Waals surface area contributed by atoms with E-state index in [-0.39, 0.29) is 11.4 Å². The van der Waals surface area contributed by atoms with Crippen LogP contribution in [0.4, 0.5) is 0 Å². The Kier molecular flexibility index (Phi) is 5.51. The number of aryl methyl sites for hydroxylation is 1. The standard InChI is InChI=1S/C16H20N2O3S/c1-3-10-21-16-8-7-15(11-13(16)2)22(19,20)18-12-14-6-4-5-9-17-14/h4-9,11,18H,3,10,12H2,1-2H3. The lowest BCUT2D eigenvalue weighted by atomic mass is 10.2. The van der Waals surface area contributed by atoms with Gasteiger partial charge in [-0.2, -0.15) is 0 Å². The fourth-order valence-corrected chi connectivity index (χ4v) is 3.00. The molecule has 0 atom stereocenters. The van der Waals surface area contributed by atoms with Crippen molar-refractivity contribution in [2.45, 2.75) is 31.7 Å². The molecular weight excluding hydrogens is 300 g/mol. The molecule has 22 heavy (non-hydrogen) atoms. The van der Waals surface area contributed by atoms with E-state index in [1.807, 2.05) is 19.9 Å². The summed E-state index contributed by atoms with van der Waals surface area (Å²) in [5.74, 6) is 0.713. The number of hydrogen-bond donors (Lipinski definition) is 1. The summed E-state index contributed by atoms with van der Waals surface area (Å²) in [4.78, 5) is 4.32. The van der Waals surface area contributed by atoms with Crippen LogP contribution in [-0.2, 0) is 16.6 Å². The van der Waals surface area contributed by atoms with Crippen molar-refractivity contribution in [2.24, 2.45) is 0 Å². The van der Waals surface area contributed by atoms with Crippen molar-refractivity contribution in [1.82, 2.24) is 9.71 Å². The van der Waals surface area contributed by atoms with Crippen LogP contribution in [0.15, 0.2) is 47.5 Å². The highest BCUT2D eigenvalue weighted by molar-refractivity contribution is 7.89. The Morgan fingerprint density at radius 2 is 2.05 bits per heavy atom. The van der Waals surface area contributed by atoms with Gasteiger partial charge < -0.3 is 4.74 Å². The summed E-state index contributed by atoms with van der Waals surface area (Å²) < 4.78 is 32.7. The number of nitrogens with zero attached hydrogens (tertiary/aromatic N) is 1. The largest absolute Gasteiger partial charge is 0.493 e. The number of rotatable bonds is 7. The zero-order valence-corrected chi connectivity index (χ0v) is 13.6. The number of sulfonamides is 1. The first-order chi connectivity index (χ1) is 10.5. The van der Waals surface area contributed by atoms with Crippen molar-refractivity contribution >= 4 is 10.0 Å². The molecule has 1 aromatic heterocycles. The van der Waals surface area contributed by atoms with E-state index in [2.05, 4.69) is 9.71 Å². The minimum absolute atomic E-state index is 0.163. The zero-order valence-electron chi connectivity index (χ0n) is 12.7. The maximum absolute atomic E-state index is 12.3. The number of pyridine rings is 1. The predicted molar refractivity (Wildman–Crippen MR) is 85.2 cm³/mol. The molecule has 0 aliphatic heterocycles. The number of hydrogen-bond acceptors (Lipinski definition) is 4. The Labute approximate surface area is 131 Å². The molecule has 5 nitrogen and oxygen atoms in total. The van der Waals surface area contributed by atoms with Crippen LogP contribution in [0.25, 0.3) is 0 Å². The maximum atomic E-state index is 12.3. The second-order valence-electron chi connectivity index (χ2n) is 4.92. The summed E-state index contributed by atoms with van der Waals surface area (Å²) >= 11 is 0. The molecule has 0 aliphatic carbocycles. The quantitative estimate of drug-likeness (QED) is 0.851. The van der Waals surface area contributed by atoms with Crippen molar-refractivity contribution in [3.63, 3.8) is 0 Å². The van der Waals surface area contributed by atoms with Crippen LogP contribution >= 0.6 is 0 Å². The van der Waals surface area contributed by atoms with Crippen LogP contribution in [0.3, 0.4) is 0 Å². The topological polar surface area (TPSA) is 68.3 Å². The first kappa shape index (κ1) is 16.5. The van der Waals surface area contributed by atoms with Crippen molar-refractivity contribution < 1.29 is 13.2 Å². The predicted octanol–water partition coefficient (Wildman–Crippen LogP) is 2.66. The minimum atomic E-state index is -3.56. The molecule has 0 saturated carbocycles. The molecule has 1 heterocycles. The van der Waals surface area contributed by atoms with E-state index in [9.17, 15) is 8.42 Å². The van der Waals surface area contributed by atoms with E-state index in [1.54, 1.807) is 36.5 Å². The summed E-state index contributed by atoms with van der Waals surface area (Å²) in [7, 11) is -3.56. The molecule has 0 unspecified atom stereocenters. The second-order valence-corrected chi connectivity index (χ2v) is 6.69. The van der Waals surface area contributed by atoms with Crippen LogP contribution in [-0.4, -0.2) is 20.0 Å². The molecule has 2 aromatic rings. The first-order valence-electron chi connectivity index (χ1n) is 7.16. The molecule has 0 saturated heterocycles. The van der Waals surface area contributed by atoms with Gasteiger partial charge >= 0.3 is 0 Å². The summed E-state index contributed by atoms with van der Waals surface area (Å²) in [6.45, 7) is 4.64. The zero-order chi connectivity index (χ0) is 16.0. The Morgan fingerprint density at radius 1 is 1.23 bits per heavy atom. The smallest absolute Gasteiger partial charge is 0.240 e. The summed E-state index contributed by atoms with van der Waals surface area (Å²) in [6.07, 6.45) is 2.54. The van der Waals surface area contributed by atoms with Gasteiger partial charge in [-0.3, -0.25) is 4.98 Å². The second kappa shape index (κ2) is 7.38. The van der Waals surface area contributed by atoms with Crippen LogP contribution in [0, 0.1) is 6.92 Å². The lowest BCUT2D eigenvalue weighted by Gasteiger charge is -2.11. The molecule has 6 heteroatoms. The Bertz CT molecular complexity index is 715. The van der Waals surface area contributed by atoms with Gasteiger partial charge in [0.1, 0.15) is 5.75 Å². The molecule has 118 valence electrons. The first-order valence-corrected chi connectivity index (χ1v) is 8.64. The fourth-order valence-electron chi connectivity index (χ4n) is 1.92. The minimum Gasteiger partial charge on any atom is -0.493 e. The van der Waals surface area contributed by atoms with Crippen LogP contribution in [0.2, 0.25) is 0 Å². The fraction of sp³-hybridized carbons (Fsp3) is 0.312. The van der Waals surface area contributed by atoms with E-state index in [1.165, 1.54) is 0 Å². The molecule has 2 rings (SSSR count). The van der Waals surface area contributed by atoms with Crippen LogP contribution in [0.5, 0.6) is 5.75 Å². The molecule has 0 amide bonds. The van der Waals surface area contributed by atoms with E-state index >= 15 is 0 Å². The van der Waals surface area contributed by atoms with Gasteiger partial charge in [-0.05, 0) is 49.2 Å². The molecule has 0 spiro atoms. The van der Waals surface area contributed by atoms with E-state index < -0.39 is 10.0 Å². The van der Waals surface area contributed by atoms with Crippen LogP contribution in [0.1, 0.15) is 24.6 Å². The summed E-state index contributed by atoms with van der Waals surface area (Å²) in [5.41, 5.74) is 1.47. The van der Waals surface area contributed by atoms with Gasteiger partial charge in [-0.1, -0.05) is 13.0 Å². The normalized spacial score (nSPS) is 11.4. The van der Waals surface area contributed by atoms with Crippen molar-refractivity contribution in [3.8, 4) is 5.75 Å². The van der Waals surface area contributed by atoms with Crippen molar-refractivity contribution in [3.05, 3.63) is 53.9 Å². The third-order valence-electron chi connectivity index (χ3n) is 3.09. The van der Waals surface area contributed by atoms with Gasteiger partial charge in [-0.25, -0.2) is 13.1 Å². The third-order valence-corrected chi connectivity index (χ3v) is 4.49. The van der Waals surface area contributed by atoms with Gasteiger partial charge in [0.2, 0.25) is 10.0 Å². The average Bonchev–Trinajstić information content (AvgIpc) is 2.53. The highest BCUT2D eigenvalue weighted by atomic mass is 32.2. The Morgan fingerprint density at radius 3 is 2.68 bits per heavy atom. The molecular formula is C16H20N2O3S. The van der Waals surface area contributed by atoms with Gasteiger partial charge in [0.15, 0.2) is 0 Å². The van der Waals surface area contributed by atoms with Gasteiger partial charge in [0, 0.05) is 6.20 Å². The SMILES string of the molecule is CCCOc1ccc(S(=O)(=O)NCc2ccccn2)cc1C. The molecule has 0 radical (unpaired) electrons. The van der Waals surface area contributed by atoms with Crippen molar-refractivity contribution in [2.75, 3.05) is 6.61 Å². The van der Waals surface area contributed by atoms with Gasteiger partial charge in [0.25, 0.3) is 0 Å². The highest BCUT2D eigenvalue weighted by Gasteiger charge is 2.15. The molecule has 0 fully saturated rings. The molecule has 1 aromatic carbocycles. The van der Waals surface area contributed by atoms with Gasteiger partial charge in [0.05, 0.1) is 23.7 Å². The van der Waals surface area contributed by atoms with Crippen molar-refractivity contribution in [1.29, 1.82) is 0 Å². The average molecular weight is 320 g/mol. The highest BCUT2D eigenvalue weighted by Crippen LogP contribution is 2.22. The van der Waals surface area contributed by atoms with Gasteiger partial charge in [-0.15, -0.1) is 0 Å². The number of benzene rings is 1. The lowest BCUT2D eigenvalue weighted by molar-refractivity contribution is 0.315. The van der Waals surface area contributed by atoms with Crippen LogP contribution < -0.4 is 9.46 Å². The van der Waals surface area contributed by atoms with E-state index in [0.29, 0.717) is 18.1 Å². The molecule has 0 aliphatic rings. The van der Waals surface area contributed by atoms with E-state index in [4.69, 9.17) is 4.74 Å². The number of ether oxygens (including phenoxy) is 1. The molecule has 0 bridgehead atoms. The summed E-state index contributed by atoms with van der Waals surface area (Å²) in [6, 6.07) is 10.2. The Balaban J connectivity index is 2.10. The maximum Gasteiger partial charge on any atom is 0.240 e. The van der Waals surface area contributed by atoms with E-state index in [0.717, 1.165) is 12.0 Å². The molecule has 1 N–H and O–H groups in total. The monoisotopic (exact) mass is 320 g/mol.